The number of amides is 1. The minimum atomic E-state index is 0.0560. The quantitative estimate of drug-likeness (QED) is 0.736. The highest BCUT2D eigenvalue weighted by atomic mass is 16.5. The van der Waals surface area contributed by atoms with Crippen LogP contribution in [0, 0.1) is 25.7 Å². The summed E-state index contributed by atoms with van der Waals surface area (Å²) in [5.74, 6) is 1.78. The van der Waals surface area contributed by atoms with E-state index in [4.69, 9.17) is 14.2 Å². The van der Waals surface area contributed by atoms with Crippen molar-refractivity contribution in [2.45, 2.75) is 40.0 Å². The van der Waals surface area contributed by atoms with E-state index in [0.717, 1.165) is 77.6 Å². The van der Waals surface area contributed by atoms with Gasteiger partial charge in [-0.15, -0.1) is 0 Å². The maximum atomic E-state index is 13.1. The summed E-state index contributed by atoms with van der Waals surface area (Å²) in [7, 11) is 0. The van der Waals surface area contributed by atoms with E-state index in [1.807, 2.05) is 4.90 Å². The van der Waals surface area contributed by atoms with Crippen LogP contribution in [0.15, 0.2) is 6.07 Å². The van der Waals surface area contributed by atoms with E-state index in [1.165, 1.54) is 22.3 Å². The molecule has 6 heteroatoms. The number of hydrogen-bond donors (Lipinski definition) is 1. The molecule has 4 rings (SSSR count). The first-order valence-electron chi connectivity index (χ1n) is 12.1. The van der Waals surface area contributed by atoms with Crippen LogP contribution in [0.5, 0.6) is 5.75 Å². The third kappa shape index (κ3) is 5.24. The molecule has 0 bridgehead atoms. The fourth-order valence-electron chi connectivity index (χ4n) is 5.39. The number of nitrogens with zero attached hydrogens (tertiary/aromatic N) is 1. The SMILES string of the molecule is Cc1cc(OCC[NH+]2CCOCC2)c(C)c2c1CC[C@@H]([C@H](C)C(=O)N1CCOCC1)C2. The number of nitrogens with one attached hydrogen (secondary N) is 1. The molecule has 1 N–H and O–H groups in total. The first kappa shape index (κ1) is 22.6. The molecular formula is C25H39N2O4+. The molecule has 1 aromatic rings. The second-order valence-corrected chi connectivity index (χ2v) is 9.46. The zero-order valence-corrected chi connectivity index (χ0v) is 19.5. The lowest BCUT2D eigenvalue weighted by atomic mass is 9.74. The van der Waals surface area contributed by atoms with E-state index >= 15 is 0 Å². The van der Waals surface area contributed by atoms with Crippen molar-refractivity contribution in [3.8, 4) is 5.75 Å². The molecule has 1 amide bonds. The largest absolute Gasteiger partial charge is 0.487 e. The molecule has 2 fully saturated rings. The van der Waals surface area contributed by atoms with E-state index < -0.39 is 0 Å². The molecule has 172 valence electrons. The highest BCUT2D eigenvalue weighted by Gasteiger charge is 2.33. The van der Waals surface area contributed by atoms with Crippen molar-refractivity contribution in [2.75, 3.05) is 65.8 Å². The van der Waals surface area contributed by atoms with Gasteiger partial charge in [0, 0.05) is 19.0 Å². The lowest BCUT2D eigenvalue weighted by molar-refractivity contribution is -0.908. The molecule has 3 aliphatic rings. The molecule has 0 aromatic heterocycles. The third-order valence-corrected chi connectivity index (χ3v) is 7.57. The maximum absolute atomic E-state index is 13.1. The van der Waals surface area contributed by atoms with Gasteiger partial charge in [0.2, 0.25) is 5.91 Å². The Morgan fingerprint density at radius 3 is 2.61 bits per heavy atom. The Hall–Kier alpha value is -1.63. The van der Waals surface area contributed by atoms with Crippen LogP contribution in [-0.4, -0.2) is 76.6 Å². The first-order valence-corrected chi connectivity index (χ1v) is 12.1. The zero-order chi connectivity index (χ0) is 21.8. The fraction of sp³-hybridized carbons (Fsp3) is 0.720. The van der Waals surface area contributed by atoms with Crippen LogP contribution in [0.1, 0.15) is 35.6 Å². The van der Waals surface area contributed by atoms with Crippen molar-refractivity contribution in [3.05, 3.63) is 28.3 Å². The minimum absolute atomic E-state index is 0.0560. The number of carbonyl (C=O) groups excluding carboxylic acids is 1. The number of carbonyl (C=O) groups is 1. The van der Waals surface area contributed by atoms with Crippen molar-refractivity contribution in [2.24, 2.45) is 11.8 Å². The highest BCUT2D eigenvalue weighted by molar-refractivity contribution is 5.79. The summed E-state index contributed by atoms with van der Waals surface area (Å²) in [6.07, 6.45) is 3.13. The number of quaternary nitrogens is 1. The van der Waals surface area contributed by atoms with E-state index in [0.29, 0.717) is 25.0 Å². The fourth-order valence-corrected chi connectivity index (χ4v) is 5.39. The molecule has 6 nitrogen and oxygen atoms in total. The Morgan fingerprint density at radius 2 is 1.87 bits per heavy atom. The molecule has 1 aromatic carbocycles. The second-order valence-electron chi connectivity index (χ2n) is 9.46. The van der Waals surface area contributed by atoms with Crippen LogP contribution in [0.2, 0.25) is 0 Å². The van der Waals surface area contributed by atoms with Gasteiger partial charge < -0.3 is 24.0 Å². The number of fused-ring (bicyclic) bond motifs is 1. The summed E-state index contributed by atoms with van der Waals surface area (Å²) in [4.78, 5) is 16.6. The summed E-state index contributed by atoms with van der Waals surface area (Å²) in [5.41, 5.74) is 5.51. The van der Waals surface area contributed by atoms with Crippen LogP contribution in [-0.2, 0) is 27.1 Å². The average molecular weight is 432 g/mol. The number of aryl methyl sites for hydroxylation is 1. The molecule has 1 aliphatic carbocycles. The zero-order valence-electron chi connectivity index (χ0n) is 19.5. The van der Waals surface area contributed by atoms with E-state index in [2.05, 4.69) is 26.8 Å². The number of benzene rings is 1. The Labute approximate surface area is 186 Å². The minimum Gasteiger partial charge on any atom is -0.487 e. The van der Waals surface area contributed by atoms with Gasteiger partial charge in [-0.25, -0.2) is 0 Å². The molecule has 2 heterocycles. The molecule has 31 heavy (non-hydrogen) atoms. The molecule has 2 atom stereocenters. The summed E-state index contributed by atoms with van der Waals surface area (Å²) in [6, 6.07) is 2.23. The maximum Gasteiger partial charge on any atom is 0.225 e. The van der Waals surface area contributed by atoms with Crippen molar-refractivity contribution in [1.82, 2.24) is 4.90 Å². The van der Waals surface area contributed by atoms with E-state index in [9.17, 15) is 4.79 Å². The van der Waals surface area contributed by atoms with Crippen molar-refractivity contribution in [3.63, 3.8) is 0 Å². The first-order chi connectivity index (χ1) is 15.0. The lowest BCUT2D eigenvalue weighted by Gasteiger charge is -2.35. The summed E-state index contributed by atoms with van der Waals surface area (Å²) >= 11 is 0. The standard InChI is InChI=1S/C25H38N2O4/c1-18-16-24(31-15-8-26-6-11-29-12-7-26)20(3)23-17-21(4-5-22(18)23)19(2)25(28)27-9-13-30-14-10-27/h16,19,21H,4-15,17H2,1-3H3/p+1/t19-,21+/m0/s1. The van der Waals surface area contributed by atoms with Crippen molar-refractivity contribution < 1.29 is 23.9 Å². The van der Waals surface area contributed by atoms with Gasteiger partial charge in [-0.2, -0.15) is 0 Å². The topological polar surface area (TPSA) is 52.4 Å². The van der Waals surface area contributed by atoms with E-state index in [-0.39, 0.29) is 5.92 Å². The Balaban J connectivity index is 1.41. The van der Waals surface area contributed by atoms with Crippen LogP contribution in [0.4, 0.5) is 0 Å². The molecule has 2 saturated heterocycles. The van der Waals surface area contributed by atoms with Crippen LogP contribution < -0.4 is 9.64 Å². The van der Waals surface area contributed by atoms with Crippen LogP contribution in [0.25, 0.3) is 0 Å². The highest BCUT2D eigenvalue weighted by Crippen LogP contribution is 2.38. The number of ether oxygens (including phenoxy) is 3. The molecule has 0 radical (unpaired) electrons. The smallest absolute Gasteiger partial charge is 0.225 e. The Morgan fingerprint density at radius 1 is 1.16 bits per heavy atom. The normalized spacial score (nSPS) is 23.3. The summed E-state index contributed by atoms with van der Waals surface area (Å²) < 4.78 is 17.1. The Kier molecular flexibility index (Phi) is 7.51. The lowest BCUT2D eigenvalue weighted by Crippen LogP contribution is -3.14. The van der Waals surface area contributed by atoms with Crippen molar-refractivity contribution in [1.29, 1.82) is 0 Å². The van der Waals surface area contributed by atoms with Gasteiger partial charge in [0.25, 0.3) is 0 Å². The van der Waals surface area contributed by atoms with Crippen LogP contribution in [0.3, 0.4) is 0 Å². The summed E-state index contributed by atoms with van der Waals surface area (Å²) in [6.45, 7) is 14.9. The molecular weight excluding hydrogens is 392 g/mol. The molecule has 0 unspecified atom stereocenters. The van der Waals surface area contributed by atoms with Gasteiger partial charge in [0.05, 0.1) is 26.4 Å². The second kappa shape index (κ2) is 10.3. The van der Waals surface area contributed by atoms with Gasteiger partial charge in [0.15, 0.2) is 0 Å². The molecule has 0 saturated carbocycles. The van der Waals surface area contributed by atoms with E-state index in [1.54, 1.807) is 4.90 Å². The monoisotopic (exact) mass is 431 g/mol. The number of rotatable bonds is 6. The van der Waals surface area contributed by atoms with Crippen LogP contribution >= 0.6 is 0 Å². The molecule has 0 spiro atoms. The third-order valence-electron chi connectivity index (χ3n) is 7.57. The van der Waals surface area contributed by atoms with Gasteiger partial charge in [-0.3, -0.25) is 4.79 Å². The summed E-state index contributed by atoms with van der Waals surface area (Å²) in [5, 5.41) is 0. The Bertz CT molecular complexity index is 769. The van der Waals surface area contributed by atoms with Gasteiger partial charge in [-0.05, 0) is 67.3 Å². The van der Waals surface area contributed by atoms with Gasteiger partial charge in [-0.1, -0.05) is 6.92 Å². The predicted octanol–water partition coefficient (Wildman–Crippen LogP) is 1.20. The molecule has 2 aliphatic heterocycles. The van der Waals surface area contributed by atoms with Crippen molar-refractivity contribution >= 4 is 5.91 Å². The number of morpholine rings is 2. The van der Waals surface area contributed by atoms with Gasteiger partial charge in [0.1, 0.15) is 32.0 Å². The average Bonchev–Trinajstić information content (AvgIpc) is 2.82. The van der Waals surface area contributed by atoms with Gasteiger partial charge >= 0.3 is 0 Å². The number of hydrogen-bond acceptors (Lipinski definition) is 4. The predicted molar refractivity (Wildman–Crippen MR) is 120 cm³/mol.